The van der Waals surface area contributed by atoms with Crippen molar-refractivity contribution < 1.29 is 32.0 Å². The van der Waals surface area contributed by atoms with Gasteiger partial charge < -0.3 is 18.9 Å². The molecule has 2 heterocycles. The molecule has 4 aromatic rings. The van der Waals surface area contributed by atoms with Crippen LogP contribution in [0.4, 0.5) is 0 Å². The van der Waals surface area contributed by atoms with E-state index in [1.807, 2.05) is 78.9 Å². The number of amides is 1. The van der Waals surface area contributed by atoms with Crippen molar-refractivity contribution in [1.82, 2.24) is 9.88 Å². The normalized spacial score (nSPS) is 16.5. The number of nitrogens with zero attached hydrogens (tertiary/aromatic N) is 2. The van der Waals surface area contributed by atoms with Crippen LogP contribution < -0.4 is 0 Å². The smallest absolute Gasteiger partial charge is 0.359 e. The molecule has 0 aliphatic carbocycles. The molecule has 0 unspecified atom stereocenters. The molecule has 13 heteroatoms. The lowest BCUT2D eigenvalue weighted by Gasteiger charge is -2.38. The molecule has 0 saturated carbocycles. The van der Waals surface area contributed by atoms with Gasteiger partial charge in [0.25, 0.3) is 0 Å². The van der Waals surface area contributed by atoms with Gasteiger partial charge in [-0.3, -0.25) is 4.79 Å². The third kappa shape index (κ3) is 7.24. The fourth-order valence-electron chi connectivity index (χ4n) is 4.42. The molecular weight excluding hydrogens is 629 g/mol. The van der Waals surface area contributed by atoms with Gasteiger partial charge in [-0.1, -0.05) is 88.3 Å². The zero-order chi connectivity index (χ0) is 30.7. The van der Waals surface area contributed by atoms with Crippen LogP contribution in [-0.4, -0.2) is 53.3 Å². The van der Waals surface area contributed by atoms with E-state index in [0.29, 0.717) is 16.1 Å². The van der Waals surface area contributed by atoms with Crippen LogP contribution in [0.2, 0.25) is 0 Å². The van der Waals surface area contributed by atoms with E-state index in [0.717, 1.165) is 21.4 Å². The third-order valence-electron chi connectivity index (χ3n) is 6.40. The van der Waals surface area contributed by atoms with E-state index in [1.165, 1.54) is 44.7 Å². The molecule has 1 aliphatic rings. The fraction of sp³-hybridized carbons (Fsp3) is 0.233. The number of esters is 1. The lowest BCUT2D eigenvalue weighted by Crippen LogP contribution is -2.55. The number of benzene rings is 3. The highest BCUT2D eigenvalue weighted by Crippen LogP contribution is 2.44. The van der Waals surface area contributed by atoms with E-state index in [9.17, 15) is 23.1 Å². The summed E-state index contributed by atoms with van der Waals surface area (Å²) in [4.78, 5) is 33.7. The maximum Gasteiger partial charge on any atom is 0.359 e. The zero-order valence-electron chi connectivity index (χ0n) is 23.4. The molecule has 1 saturated heterocycles. The van der Waals surface area contributed by atoms with Gasteiger partial charge >= 0.3 is 16.1 Å². The van der Waals surface area contributed by atoms with Gasteiger partial charge in [-0.25, -0.2) is 9.78 Å². The van der Waals surface area contributed by atoms with Crippen LogP contribution in [0.5, 0.6) is 0 Å². The Kier molecular flexibility index (Phi) is 9.47. The molecular formula is C30H28N2O7S4. The highest BCUT2D eigenvalue weighted by atomic mass is 33.1. The Bertz CT molecular complexity index is 1730. The predicted molar refractivity (Wildman–Crippen MR) is 169 cm³/mol. The minimum Gasteiger partial charge on any atom is -0.448 e. The lowest BCUT2D eigenvalue weighted by atomic mass is 10.0. The van der Waals surface area contributed by atoms with E-state index in [2.05, 4.69) is 4.98 Å². The topological polar surface area (TPSA) is 123 Å². The van der Waals surface area contributed by atoms with Crippen molar-refractivity contribution in [3.8, 4) is 0 Å². The van der Waals surface area contributed by atoms with Crippen LogP contribution in [-0.2, 0) is 28.6 Å². The Morgan fingerprint density at radius 1 is 1.05 bits per heavy atom. The molecule has 1 amide bonds. The molecule has 0 bridgehead atoms. The molecule has 5 rings (SSSR count). The quantitative estimate of drug-likeness (QED) is 0.0526. The maximum atomic E-state index is 13.7. The summed E-state index contributed by atoms with van der Waals surface area (Å²) in [5.41, 5.74) is 1.90. The zero-order valence-corrected chi connectivity index (χ0v) is 26.6. The Morgan fingerprint density at radius 2 is 1.67 bits per heavy atom. The largest absolute Gasteiger partial charge is 0.448 e. The molecule has 1 N–H and O–H groups in total. The Balaban J connectivity index is 1.37. The number of carbonyl (C=O) groups excluding carboxylic acids is 2. The molecule has 1 aromatic heterocycles. The third-order valence-corrected chi connectivity index (χ3v) is 10.9. The number of rotatable bonds is 11. The first-order valence-electron chi connectivity index (χ1n) is 13.1. The Hall–Kier alpha value is -3.36. The number of para-hydroxylation sites is 1. The second-order valence-corrected chi connectivity index (χ2v) is 14.8. The van der Waals surface area contributed by atoms with Gasteiger partial charge in [-0.2, -0.15) is 8.42 Å². The van der Waals surface area contributed by atoms with Crippen molar-refractivity contribution in [2.75, 3.05) is 12.8 Å². The molecule has 9 nitrogen and oxygen atoms in total. The molecule has 43 heavy (non-hydrogen) atoms. The number of hydrogen-bond acceptors (Lipinski definition) is 11. The highest BCUT2D eigenvalue weighted by molar-refractivity contribution is 8.77. The van der Waals surface area contributed by atoms with Gasteiger partial charge in [0.1, 0.15) is 22.1 Å². The number of carbonyl (C=O) groups is 2. The van der Waals surface area contributed by atoms with Gasteiger partial charge in [-0.15, -0.1) is 11.3 Å². The number of aromatic nitrogens is 1. The molecule has 0 radical (unpaired) electrons. The van der Waals surface area contributed by atoms with Crippen LogP contribution in [0.1, 0.15) is 42.2 Å². The van der Waals surface area contributed by atoms with Crippen molar-refractivity contribution in [2.45, 2.75) is 36.2 Å². The summed E-state index contributed by atoms with van der Waals surface area (Å²) < 4.78 is 35.9. The molecule has 2 atom stereocenters. The van der Waals surface area contributed by atoms with Crippen LogP contribution in [0.15, 0.2) is 95.2 Å². The molecule has 1 aliphatic heterocycles. The van der Waals surface area contributed by atoms with Crippen LogP contribution in [0.25, 0.3) is 10.2 Å². The van der Waals surface area contributed by atoms with Crippen molar-refractivity contribution in [3.63, 3.8) is 0 Å². The van der Waals surface area contributed by atoms with Crippen molar-refractivity contribution in [3.05, 3.63) is 106 Å². The van der Waals surface area contributed by atoms with Gasteiger partial charge in [0, 0.05) is 11.4 Å². The molecule has 1 fully saturated rings. The van der Waals surface area contributed by atoms with Crippen molar-refractivity contribution >= 4 is 65.1 Å². The number of likely N-dealkylation sites (tertiary alicyclic amines) is 1. The lowest BCUT2D eigenvalue weighted by molar-refractivity contribution is -0.150. The molecule has 0 spiro atoms. The van der Waals surface area contributed by atoms with Gasteiger partial charge in [0.15, 0.2) is 11.8 Å². The monoisotopic (exact) mass is 656 g/mol. The summed E-state index contributed by atoms with van der Waals surface area (Å²) in [6, 6.07) is 24.0. The Morgan fingerprint density at radius 3 is 2.23 bits per heavy atom. The maximum absolute atomic E-state index is 13.7. The number of ether oxygens (including phenoxy) is 1. The van der Waals surface area contributed by atoms with Crippen LogP contribution >= 0.6 is 32.9 Å². The van der Waals surface area contributed by atoms with Crippen LogP contribution in [0.3, 0.4) is 0 Å². The number of aliphatic hydroxyl groups is 1. The number of thiazole rings is 1. The average Bonchev–Trinajstić information content (AvgIpc) is 3.43. The standard InChI is InChI=1S/C30H28N2O7S4/c1-18(33)28-31-25-22(40-28)15-10-16-23(25)41-42-24-17-32(29(24)34)26(19(2)39-43(3,36)37)30(35)38-27(20-11-6-4-7-12-20)21-13-8-5-9-14-21/h4-16,18,24,27,33H,17H2,1-3H3/b26-19-/t18-,24+/m1/s1. The SMILES string of the molecule is C/C(OS(C)(=O)=O)=C(\C(=O)OC(c1ccccc1)c1ccccc1)N1C[C@H](SSc2cccc3sc([C@@H](C)O)nc23)C1=O. The van der Waals surface area contributed by atoms with Crippen LogP contribution in [0, 0.1) is 0 Å². The van der Waals surface area contributed by atoms with E-state index < -0.39 is 33.5 Å². The number of β-lactam (4-membered cyclic amide) rings is 1. The van der Waals surface area contributed by atoms with Crippen molar-refractivity contribution in [2.24, 2.45) is 0 Å². The average molecular weight is 657 g/mol. The van der Waals surface area contributed by atoms with E-state index in [4.69, 9.17) is 8.92 Å². The number of allylic oxidation sites excluding steroid dienone is 1. The minimum atomic E-state index is -3.99. The minimum absolute atomic E-state index is 0.138. The second kappa shape index (κ2) is 13.1. The first-order chi connectivity index (χ1) is 20.5. The summed E-state index contributed by atoms with van der Waals surface area (Å²) in [7, 11) is -1.29. The molecule has 224 valence electrons. The predicted octanol–water partition coefficient (Wildman–Crippen LogP) is 5.84. The summed E-state index contributed by atoms with van der Waals surface area (Å²) in [5.74, 6) is -1.53. The summed E-state index contributed by atoms with van der Waals surface area (Å²) in [6.07, 6.45) is -0.626. The number of aliphatic hydroxyl groups excluding tert-OH is 1. The van der Waals surface area contributed by atoms with Gasteiger partial charge in [0.05, 0.1) is 16.5 Å². The fourth-order valence-corrected chi connectivity index (χ4v) is 8.45. The summed E-state index contributed by atoms with van der Waals surface area (Å²) >= 11 is 1.41. The first kappa shape index (κ1) is 31.1. The van der Waals surface area contributed by atoms with Gasteiger partial charge in [0.2, 0.25) is 5.91 Å². The summed E-state index contributed by atoms with van der Waals surface area (Å²) in [6.45, 7) is 3.12. The van der Waals surface area contributed by atoms with Crippen molar-refractivity contribution in [1.29, 1.82) is 0 Å². The first-order valence-corrected chi connectivity index (χ1v) is 18.0. The Labute approximate surface area is 261 Å². The second-order valence-electron chi connectivity index (χ2n) is 9.75. The van der Waals surface area contributed by atoms with Gasteiger partial charge in [-0.05, 0) is 37.1 Å². The van der Waals surface area contributed by atoms with E-state index in [1.54, 1.807) is 6.92 Å². The van der Waals surface area contributed by atoms with E-state index >= 15 is 0 Å². The number of fused-ring (bicyclic) bond motifs is 1. The van der Waals surface area contributed by atoms with E-state index in [-0.39, 0.29) is 23.9 Å². The summed E-state index contributed by atoms with van der Waals surface area (Å²) in [5, 5.41) is 10.0. The number of hydrogen-bond donors (Lipinski definition) is 1. The highest BCUT2D eigenvalue weighted by Gasteiger charge is 2.44. The molecule has 3 aromatic carbocycles.